The van der Waals surface area contributed by atoms with E-state index in [2.05, 4.69) is 9.68 Å². The lowest BCUT2D eigenvalue weighted by Gasteiger charge is -2.27. The van der Waals surface area contributed by atoms with Crippen LogP contribution >= 0.6 is 7.60 Å². The van der Waals surface area contributed by atoms with Gasteiger partial charge in [-0.25, -0.2) is 0 Å². The van der Waals surface area contributed by atoms with Crippen molar-refractivity contribution in [2.45, 2.75) is 13.1 Å². The van der Waals surface area contributed by atoms with Crippen molar-refractivity contribution in [3.63, 3.8) is 0 Å². The smallest absolute Gasteiger partial charge is 0.141 e. The molecule has 0 atom stereocenters. The standard InChI is InChI=1S/C5H8NO4P/c1-4-2-5(10-6-4)3-11(7,8)9/h2H,3H2,1H3,(H2,7,8,9)/p-2. The summed E-state index contributed by atoms with van der Waals surface area (Å²) in [5.41, 5.74) is 0.563. The monoisotopic (exact) mass is 175 g/mol. The molecule has 0 aliphatic rings. The summed E-state index contributed by atoms with van der Waals surface area (Å²) in [6.45, 7) is 1.65. The van der Waals surface area contributed by atoms with Crippen LogP contribution in [0, 0.1) is 6.92 Å². The van der Waals surface area contributed by atoms with Crippen LogP contribution in [0.15, 0.2) is 10.6 Å². The molecule has 0 aliphatic heterocycles. The van der Waals surface area contributed by atoms with Crippen molar-refractivity contribution in [3.8, 4) is 0 Å². The molecule has 0 amide bonds. The molecular formula is C5H6NO4P-2. The quantitative estimate of drug-likeness (QED) is 0.559. The van der Waals surface area contributed by atoms with E-state index < -0.39 is 13.8 Å². The van der Waals surface area contributed by atoms with Crippen molar-refractivity contribution in [2.24, 2.45) is 0 Å². The summed E-state index contributed by atoms with van der Waals surface area (Å²) in [7, 11) is -4.51. The maximum absolute atomic E-state index is 10.2. The van der Waals surface area contributed by atoms with Gasteiger partial charge in [0.05, 0.1) is 5.69 Å². The number of aryl methyl sites for hydroxylation is 1. The Kier molecular flexibility index (Phi) is 2.13. The van der Waals surface area contributed by atoms with E-state index in [4.69, 9.17) is 0 Å². The van der Waals surface area contributed by atoms with Gasteiger partial charge in [0.1, 0.15) is 5.76 Å². The molecule has 0 bridgehead atoms. The van der Waals surface area contributed by atoms with E-state index >= 15 is 0 Å². The number of hydrogen-bond acceptors (Lipinski definition) is 5. The van der Waals surface area contributed by atoms with Gasteiger partial charge in [0, 0.05) is 12.2 Å². The largest absolute Gasteiger partial charge is 0.810 e. The molecule has 0 saturated carbocycles. The first-order chi connectivity index (χ1) is 4.97. The molecule has 0 aliphatic carbocycles. The van der Waals surface area contributed by atoms with Crippen molar-refractivity contribution in [3.05, 3.63) is 17.5 Å². The number of nitrogens with zero attached hydrogens (tertiary/aromatic N) is 1. The van der Waals surface area contributed by atoms with Gasteiger partial charge in [0.25, 0.3) is 0 Å². The van der Waals surface area contributed by atoms with E-state index in [9.17, 15) is 14.4 Å². The molecule has 6 heteroatoms. The molecule has 11 heavy (non-hydrogen) atoms. The van der Waals surface area contributed by atoms with E-state index in [1.54, 1.807) is 6.92 Å². The third-order valence-corrected chi connectivity index (χ3v) is 1.73. The third kappa shape index (κ3) is 2.84. The van der Waals surface area contributed by atoms with Crippen molar-refractivity contribution in [1.29, 1.82) is 0 Å². The topological polar surface area (TPSA) is 89.2 Å². The molecule has 5 nitrogen and oxygen atoms in total. The van der Waals surface area contributed by atoms with Crippen molar-refractivity contribution in [2.75, 3.05) is 0 Å². The van der Waals surface area contributed by atoms with Crippen molar-refractivity contribution < 1.29 is 18.9 Å². The summed E-state index contributed by atoms with van der Waals surface area (Å²) in [5.74, 6) is 0.0934. The Morgan fingerprint density at radius 3 is 2.73 bits per heavy atom. The summed E-state index contributed by atoms with van der Waals surface area (Å²) in [4.78, 5) is 20.4. The van der Waals surface area contributed by atoms with E-state index in [1.807, 2.05) is 0 Å². The molecule has 0 radical (unpaired) electrons. The van der Waals surface area contributed by atoms with Gasteiger partial charge in [-0.05, 0) is 6.92 Å². The number of aromatic nitrogens is 1. The summed E-state index contributed by atoms with van der Waals surface area (Å²) < 4.78 is 14.7. The first-order valence-electron chi connectivity index (χ1n) is 2.91. The summed E-state index contributed by atoms with van der Waals surface area (Å²) in [5, 5.41) is 3.43. The minimum Gasteiger partial charge on any atom is -0.810 e. The predicted molar refractivity (Wildman–Crippen MR) is 32.6 cm³/mol. The molecule has 0 N–H and O–H groups in total. The van der Waals surface area contributed by atoms with Crippen LogP contribution in [0.1, 0.15) is 11.5 Å². The zero-order valence-corrected chi connectivity index (χ0v) is 6.71. The van der Waals surface area contributed by atoms with Gasteiger partial charge in [-0.1, -0.05) is 12.8 Å². The van der Waals surface area contributed by atoms with Crippen LogP contribution in [0.3, 0.4) is 0 Å². The lowest BCUT2D eigenvalue weighted by molar-refractivity contribution is -0.314. The van der Waals surface area contributed by atoms with E-state index in [1.165, 1.54) is 6.07 Å². The maximum Gasteiger partial charge on any atom is 0.141 e. The molecular weight excluding hydrogens is 169 g/mol. The summed E-state index contributed by atoms with van der Waals surface area (Å²) in [6.07, 6.45) is -0.603. The Labute approximate surface area is 63.2 Å². The van der Waals surface area contributed by atoms with Gasteiger partial charge >= 0.3 is 0 Å². The fraction of sp³-hybridized carbons (Fsp3) is 0.400. The molecule has 62 valence electrons. The Morgan fingerprint density at radius 2 is 2.36 bits per heavy atom. The fourth-order valence-electron chi connectivity index (χ4n) is 0.682. The van der Waals surface area contributed by atoms with Crippen LogP contribution in [0.2, 0.25) is 0 Å². The number of hydrogen-bond donors (Lipinski definition) is 0. The molecule has 0 unspecified atom stereocenters. The third-order valence-electron chi connectivity index (χ3n) is 1.03. The minimum absolute atomic E-state index is 0.0934. The summed E-state index contributed by atoms with van der Waals surface area (Å²) in [6, 6.07) is 1.42. The SMILES string of the molecule is Cc1cc(CP(=O)([O-])[O-])on1. The Balaban J connectivity index is 2.73. The van der Waals surface area contributed by atoms with Gasteiger partial charge in [-0.15, -0.1) is 0 Å². The van der Waals surface area contributed by atoms with Gasteiger partial charge < -0.3 is 18.9 Å². The first kappa shape index (κ1) is 8.46. The van der Waals surface area contributed by atoms with E-state index in [0.717, 1.165) is 0 Å². The van der Waals surface area contributed by atoms with Gasteiger partial charge in [-0.3, -0.25) is 0 Å². The molecule has 1 aromatic heterocycles. The Hall–Kier alpha value is -0.640. The normalized spacial score (nSPS) is 11.9. The van der Waals surface area contributed by atoms with E-state index in [-0.39, 0.29) is 5.76 Å². The highest BCUT2D eigenvalue weighted by Gasteiger charge is 2.01. The van der Waals surface area contributed by atoms with Crippen LogP contribution in [0.4, 0.5) is 0 Å². The highest BCUT2D eigenvalue weighted by atomic mass is 31.2. The minimum atomic E-state index is -4.51. The molecule has 0 saturated heterocycles. The highest BCUT2D eigenvalue weighted by molar-refractivity contribution is 7.47. The second-order valence-corrected chi connectivity index (χ2v) is 3.74. The van der Waals surface area contributed by atoms with Gasteiger partial charge in [0.2, 0.25) is 0 Å². The van der Waals surface area contributed by atoms with Crippen LogP contribution in [-0.4, -0.2) is 5.16 Å². The number of rotatable bonds is 2. The lowest BCUT2D eigenvalue weighted by Crippen LogP contribution is -2.15. The van der Waals surface area contributed by atoms with Crippen molar-refractivity contribution >= 4 is 7.60 Å². The molecule has 1 heterocycles. The summed E-state index contributed by atoms with van der Waals surface area (Å²) >= 11 is 0. The fourth-order valence-corrected chi connectivity index (χ4v) is 1.21. The average Bonchev–Trinajstić information content (AvgIpc) is 2.10. The van der Waals surface area contributed by atoms with Crippen LogP contribution < -0.4 is 9.79 Å². The van der Waals surface area contributed by atoms with Crippen LogP contribution in [0.25, 0.3) is 0 Å². The van der Waals surface area contributed by atoms with Crippen molar-refractivity contribution in [1.82, 2.24) is 5.16 Å². The Morgan fingerprint density at radius 1 is 1.73 bits per heavy atom. The molecule has 1 rings (SSSR count). The maximum atomic E-state index is 10.2. The average molecular weight is 175 g/mol. The lowest BCUT2D eigenvalue weighted by atomic mass is 10.4. The molecule has 0 spiro atoms. The van der Waals surface area contributed by atoms with Gasteiger partial charge in [-0.2, -0.15) is 0 Å². The van der Waals surface area contributed by atoms with E-state index in [0.29, 0.717) is 5.69 Å². The first-order valence-corrected chi connectivity index (χ1v) is 4.63. The molecule has 1 aromatic rings. The van der Waals surface area contributed by atoms with Crippen LogP contribution in [-0.2, 0) is 10.7 Å². The van der Waals surface area contributed by atoms with Crippen LogP contribution in [0.5, 0.6) is 0 Å². The van der Waals surface area contributed by atoms with Gasteiger partial charge in [0.15, 0.2) is 0 Å². The zero-order valence-electron chi connectivity index (χ0n) is 5.81. The molecule has 0 fully saturated rings. The second kappa shape index (κ2) is 2.77. The zero-order chi connectivity index (χ0) is 8.48. The highest BCUT2D eigenvalue weighted by Crippen LogP contribution is 2.29. The predicted octanol–water partition coefficient (Wildman–Crippen LogP) is -0.603. The molecule has 0 aromatic carbocycles. The Bertz CT molecular complexity index is 288. The second-order valence-electron chi connectivity index (χ2n) is 2.20.